The molecule has 3 aliphatic rings. The van der Waals surface area contributed by atoms with E-state index in [0.717, 1.165) is 42.3 Å². The van der Waals surface area contributed by atoms with E-state index in [2.05, 4.69) is 72.7 Å². The Balaban J connectivity index is 1.20. The molecule has 4 rings (SSSR count). The molecule has 5 nitrogen and oxygen atoms in total. The summed E-state index contributed by atoms with van der Waals surface area (Å²) in [5, 5.41) is 0. The highest BCUT2D eigenvalue weighted by molar-refractivity contribution is 5.29. The molecule has 7 unspecified atom stereocenters. The lowest BCUT2D eigenvalue weighted by Crippen LogP contribution is -2.42. The van der Waals surface area contributed by atoms with Crippen LogP contribution in [0.2, 0.25) is 0 Å². The van der Waals surface area contributed by atoms with Crippen molar-refractivity contribution in [1.29, 1.82) is 0 Å². The number of fused-ring (bicyclic) bond motifs is 1. The molecule has 0 bridgehead atoms. The van der Waals surface area contributed by atoms with E-state index >= 15 is 0 Å². The Labute approximate surface area is 277 Å². The van der Waals surface area contributed by atoms with Gasteiger partial charge in [-0.05, 0) is 128 Å². The molecule has 0 saturated heterocycles. The Bertz CT molecular complexity index is 980. The first-order valence-electron chi connectivity index (χ1n) is 18.8. The average molecular weight is 627 g/mol. The van der Waals surface area contributed by atoms with E-state index in [1.54, 1.807) is 0 Å². The maximum atomic E-state index is 6.65. The van der Waals surface area contributed by atoms with Crippen LogP contribution >= 0.6 is 0 Å². The van der Waals surface area contributed by atoms with Crippen molar-refractivity contribution in [3.63, 3.8) is 0 Å². The van der Waals surface area contributed by atoms with Crippen LogP contribution in [0.3, 0.4) is 0 Å². The third kappa shape index (κ3) is 11.5. The molecular formula is C40H70N2O3. The first-order chi connectivity index (χ1) is 21.3. The lowest BCUT2D eigenvalue weighted by atomic mass is 9.58. The summed E-state index contributed by atoms with van der Waals surface area (Å²) in [6, 6.07) is 8.76. The predicted molar refractivity (Wildman–Crippen MR) is 188 cm³/mol. The van der Waals surface area contributed by atoms with Gasteiger partial charge in [0.15, 0.2) is 0 Å². The molecule has 5 heteroatoms. The zero-order chi connectivity index (χ0) is 32.6. The zero-order valence-corrected chi connectivity index (χ0v) is 30.2. The van der Waals surface area contributed by atoms with Gasteiger partial charge in [0.1, 0.15) is 24.8 Å². The van der Waals surface area contributed by atoms with Gasteiger partial charge in [0, 0.05) is 0 Å². The number of hydrogen-bond acceptors (Lipinski definition) is 5. The molecule has 0 radical (unpaired) electrons. The molecule has 0 amide bonds. The molecule has 1 aromatic carbocycles. The smallest absolute Gasteiger partial charge is 0.119 e. The van der Waals surface area contributed by atoms with E-state index in [0.29, 0.717) is 31.2 Å². The summed E-state index contributed by atoms with van der Waals surface area (Å²) in [4.78, 5) is 0. The topological polar surface area (TPSA) is 79.7 Å². The molecular weight excluding hydrogens is 556 g/mol. The fourth-order valence-corrected chi connectivity index (χ4v) is 9.68. The van der Waals surface area contributed by atoms with Crippen molar-refractivity contribution >= 4 is 0 Å². The Morgan fingerprint density at radius 1 is 0.756 bits per heavy atom. The van der Waals surface area contributed by atoms with Crippen molar-refractivity contribution in [3.8, 4) is 5.75 Å². The van der Waals surface area contributed by atoms with Gasteiger partial charge in [-0.3, -0.25) is 0 Å². The van der Waals surface area contributed by atoms with Crippen molar-refractivity contribution in [3.05, 3.63) is 29.8 Å². The molecule has 7 atom stereocenters. The average Bonchev–Trinajstić information content (AvgIpc) is 2.97. The minimum Gasteiger partial charge on any atom is -0.491 e. The number of nitrogens with two attached hydrogens (primary N) is 2. The second-order valence-electron chi connectivity index (χ2n) is 17.4. The molecule has 0 spiro atoms. The van der Waals surface area contributed by atoms with Crippen LogP contribution in [0.25, 0.3) is 0 Å². The summed E-state index contributed by atoms with van der Waals surface area (Å²) in [5.74, 6) is 5.16. The maximum Gasteiger partial charge on any atom is 0.119 e. The van der Waals surface area contributed by atoms with Crippen LogP contribution in [0.5, 0.6) is 5.75 Å². The third-order valence-electron chi connectivity index (χ3n) is 11.7. The molecule has 1 aromatic rings. The monoisotopic (exact) mass is 627 g/mol. The van der Waals surface area contributed by atoms with E-state index in [9.17, 15) is 0 Å². The van der Waals surface area contributed by atoms with Crippen LogP contribution < -0.4 is 16.2 Å². The zero-order valence-electron chi connectivity index (χ0n) is 30.2. The summed E-state index contributed by atoms with van der Waals surface area (Å²) < 4.78 is 18.5. The highest BCUT2D eigenvalue weighted by Gasteiger charge is 2.43. The van der Waals surface area contributed by atoms with Crippen molar-refractivity contribution in [2.75, 3.05) is 13.2 Å². The van der Waals surface area contributed by atoms with E-state index in [-0.39, 0.29) is 23.3 Å². The van der Waals surface area contributed by atoms with Crippen LogP contribution in [0.15, 0.2) is 24.3 Å². The van der Waals surface area contributed by atoms with Crippen LogP contribution in [0, 0.1) is 40.4 Å². The molecule has 0 heterocycles. The summed E-state index contributed by atoms with van der Waals surface area (Å²) in [6.45, 7) is 17.6. The highest BCUT2D eigenvalue weighted by atomic mass is 16.5. The molecule has 45 heavy (non-hydrogen) atoms. The van der Waals surface area contributed by atoms with Crippen LogP contribution in [0.4, 0.5) is 0 Å². The third-order valence-corrected chi connectivity index (χ3v) is 11.7. The molecule has 0 aliphatic heterocycles. The van der Waals surface area contributed by atoms with Crippen LogP contribution in [-0.4, -0.2) is 31.8 Å². The standard InChI is InChI=1S/C40H70N2O3/c1-28(2)23-38(42)45-35-20-17-32-24-29(13-14-33(32)25-35)27-40(6,7)36(39(3,4)5)26-37(41)44-22-21-43-34-18-15-31(16-19-34)30-11-9-8-10-12-30/h15-16,18-19,28-30,32-33,35-38H,8-14,17,20-27,41-42H2,1-7H3. The van der Waals surface area contributed by atoms with Gasteiger partial charge < -0.3 is 25.7 Å². The van der Waals surface area contributed by atoms with Crippen LogP contribution in [-0.2, 0) is 9.47 Å². The molecule has 3 saturated carbocycles. The van der Waals surface area contributed by atoms with Crippen LogP contribution in [0.1, 0.15) is 150 Å². The predicted octanol–water partition coefficient (Wildman–Crippen LogP) is 9.82. The molecule has 3 fully saturated rings. The molecule has 258 valence electrons. The Kier molecular flexibility index (Phi) is 13.7. The largest absolute Gasteiger partial charge is 0.491 e. The van der Waals surface area contributed by atoms with Gasteiger partial charge in [0.2, 0.25) is 0 Å². The minimum absolute atomic E-state index is 0.107. The fourth-order valence-electron chi connectivity index (χ4n) is 9.68. The van der Waals surface area contributed by atoms with E-state index in [4.69, 9.17) is 25.7 Å². The molecule has 4 N–H and O–H groups in total. The summed E-state index contributed by atoms with van der Waals surface area (Å²) in [5.41, 5.74) is 14.8. The number of hydrogen-bond donors (Lipinski definition) is 2. The van der Waals surface area contributed by atoms with E-state index in [1.807, 2.05) is 0 Å². The van der Waals surface area contributed by atoms with Crippen molar-refractivity contribution in [1.82, 2.24) is 0 Å². The van der Waals surface area contributed by atoms with Gasteiger partial charge in [-0.15, -0.1) is 0 Å². The Morgan fingerprint density at radius 3 is 2.09 bits per heavy atom. The lowest BCUT2D eigenvalue weighted by Gasteiger charge is -2.48. The quantitative estimate of drug-likeness (QED) is 0.150. The van der Waals surface area contributed by atoms with Crippen molar-refractivity contribution in [2.24, 2.45) is 51.9 Å². The number of benzene rings is 1. The summed E-state index contributed by atoms with van der Waals surface area (Å²) in [6.07, 6.45) is 17.6. The van der Waals surface area contributed by atoms with E-state index < -0.39 is 0 Å². The maximum absolute atomic E-state index is 6.65. The van der Waals surface area contributed by atoms with Gasteiger partial charge in [-0.2, -0.15) is 0 Å². The van der Waals surface area contributed by atoms with Gasteiger partial charge in [-0.1, -0.05) is 86.3 Å². The SMILES string of the molecule is CC(C)CC(N)OC1CCC2CC(CC(C)(C)C(CC(N)OCCOc3ccc(C4CCCCC4)cc3)C(C)(C)C)CCC2C1. The van der Waals surface area contributed by atoms with Gasteiger partial charge >= 0.3 is 0 Å². The van der Waals surface area contributed by atoms with Crippen molar-refractivity contribution < 1.29 is 14.2 Å². The first kappa shape index (κ1) is 36.7. The van der Waals surface area contributed by atoms with E-state index in [1.165, 1.54) is 82.6 Å². The summed E-state index contributed by atoms with van der Waals surface area (Å²) >= 11 is 0. The van der Waals surface area contributed by atoms with Gasteiger partial charge in [0.25, 0.3) is 0 Å². The lowest BCUT2D eigenvalue weighted by molar-refractivity contribution is -0.0679. The fraction of sp³-hybridized carbons (Fsp3) is 0.850. The minimum atomic E-state index is -0.279. The number of ether oxygens (including phenoxy) is 3. The van der Waals surface area contributed by atoms with Gasteiger partial charge in [-0.25, -0.2) is 0 Å². The summed E-state index contributed by atoms with van der Waals surface area (Å²) in [7, 11) is 0. The second-order valence-corrected chi connectivity index (χ2v) is 17.4. The molecule has 3 aliphatic carbocycles. The normalized spacial score (nSPS) is 27.2. The first-order valence-corrected chi connectivity index (χ1v) is 18.8. The second kappa shape index (κ2) is 16.8. The Hall–Kier alpha value is -1.14. The highest BCUT2D eigenvalue weighted by Crippen LogP contribution is 2.51. The van der Waals surface area contributed by atoms with Gasteiger partial charge in [0.05, 0.1) is 12.7 Å². The van der Waals surface area contributed by atoms with Crippen molar-refractivity contribution in [2.45, 2.75) is 163 Å². The Morgan fingerprint density at radius 2 is 1.42 bits per heavy atom. The molecule has 0 aromatic heterocycles. The number of rotatable bonds is 15.